The number of benzene rings is 1. The average Bonchev–Trinajstić information content (AvgIpc) is 2.35. The molecule has 0 spiro atoms. The summed E-state index contributed by atoms with van der Waals surface area (Å²) in [6.45, 7) is 3.97. The van der Waals surface area contributed by atoms with Crippen LogP contribution in [-0.4, -0.2) is 23.6 Å². The van der Waals surface area contributed by atoms with Crippen molar-refractivity contribution in [3.05, 3.63) is 33.3 Å². The fraction of sp³-hybridized carbons (Fsp3) is 0.417. The first-order valence-electron chi connectivity index (χ1n) is 5.76. The van der Waals surface area contributed by atoms with Gasteiger partial charge in [-0.15, -0.1) is 0 Å². The molecule has 19 heavy (non-hydrogen) atoms. The number of hydrogen-bond acceptors (Lipinski definition) is 5. The van der Waals surface area contributed by atoms with Crippen molar-refractivity contribution in [3.8, 4) is 5.75 Å². The number of esters is 1. The molecule has 0 saturated heterocycles. The number of carbonyl (C=O) groups excluding carboxylic acids is 1. The van der Waals surface area contributed by atoms with Crippen LogP contribution < -0.4 is 4.74 Å². The van der Waals surface area contributed by atoms with E-state index in [9.17, 15) is 14.9 Å². The lowest BCUT2D eigenvalue weighted by Gasteiger charge is -2.13. The van der Waals surface area contributed by atoms with Gasteiger partial charge in [0.2, 0.25) is 0 Å². The van der Waals surface area contributed by atoms with Gasteiger partial charge in [-0.25, -0.2) is 4.79 Å². The molecule has 1 atom stereocenters. The summed E-state index contributed by atoms with van der Waals surface area (Å²) < 4.78 is 10.3. The van der Waals surface area contributed by atoms with Crippen molar-refractivity contribution in [3.63, 3.8) is 0 Å². The third kappa shape index (κ3) is 4.18. The molecular weight excluding hydrogens is 274 g/mol. The monoisotopic (exact) mass is 287 g/mol. The summed E-state index contributed by atoms with van der Waals surface area (Å²) in [5.41, 5.74) is -0.238. The predicted octanol–water partition coefficient (Wildman–Crippen LogP) is 2.97. The van der Waals surface area contributed by atoms with Crippen molar-refractivity contribution in [1.82, 2.24) is 0 Å². The molecule has 1 aromatic carbocycles. The molecule has 1 unspecified atom stereocenters. The van der Waals surface area contributed by atoms with Gasteiger partial charge in [-0.05, 0) is 19.4 Å². The third-order valence-corrected chi connectivity index (χ3v) is 2.64. The molecule has 0 fully saturated rings. The Morgan fingerprint density at radius 3 is 2.63 bits per heavy atom. The molecule has 0 aliphatic carbocycles. The highest BCUT2D eigenvalue weighted by Gasteiger charge is 2.20. The van der Waals surface area contributed by atoms with E-state index >= 15 is 0 Å². The number of nitrogens with zero attached hydrogens (tertiary/aromatic N) is 1. The summed E-state index contributed by atoms with van der Waals surface area (Å²) in [6, 6.07) is 3.74. The first-order chi connectivity index (χ1) is 8.99. The summed E-state index contributed by atoms with van der Waals surface area (Å²) in [5, 5.41) is 10.5. The lowest BCUT2D eigenvalue weighted by molar-refractivity contribution is -0.384. The Morgan fingerprint density at radius 1 is 1.47 bits per heavy atom. The quantitative estimate of drug-likeness (QED) is 0.348. The Kier molecular flexibility index (Phi) is 5.72. The number of rotatable bonds is 6. The van der Waals surface area contributed by atoms with Crippen molar-refractivity contribution in [2.24, 2.45) is 0 Å². The first kappa shape index (κ1) is 15.4. The van der Waals surface area contributed by atoms with Gasteiger partial charge in [0.1, 0.15) is 10.8 Å². The maximum absolute atomic E-state index is 11.7. The van der Waals surface area contributed by atoms with Gasteiger partial charge in [-0.1, -0.05) is 18.5 Å². The van der Waals surface area contributed by atoms with Gasteiger partial charge in [0.25, 0.3) is 5.69 Å². The Bertz CT molecular complexity index is 477. The van der Waals surface area contributed by atoms with Crippen LogP contribution in [0.3, 0.4) is 0 Å². The van der Waals surface area contributed by atoms with Crippen LogP contribution in [0.1, 0.15) is 20.3 Å². The minimum absolute atomic E-state index is 0.0836. The molecule has 0 saturated carbocycles. The smallest absolute Gasteiger partial charge is 0.340 e. The molecule has 104 valence electrons. The maximum Gasteiger partial charge on any atom is 0.340 e. The molecular formula is C12H14ClNO5. The highest BCUT2D eigenvalue weighted by Crippen LogP contribution is 2.28. The lowest BCUT2D eigenvalue weighted by atomic mass is 10.2. The van der Waals surface area contributed by atoms with Gasteiger partial charge >= 0.3 is 5.97 Å². The second-order valence-corrected chi connectivity index (χ2v) is 4.05. The number of carbonyl (C=O) groups is 1. The van der Waals surface area contributed by atoms with Crippen LogP contribution in [0, 0.1) is 10.1 Å². The van der Waals surface area contributed by atoms with Crippen molar-refractivity contribution >= 4 is 23.3 Å². The summed E-state index contributed by atoms with van der Waals surface area (Å²) in [6.07, 6.45) is -0.174. The second kappa shape index (κ2) is 7.06. The standard InChI is InChI=1S/C12H14ClNO5/c1-3-11(18-4-2)12(15)19-8-5-6-10(14(16)17)9(13)7-8/h5-7,11H,3-4H2,1-2H3. The zero-order valence-corrected chi connectivity index (χ0v) is 11.3. The van der Waals surface area contributed by atoms with E-state index in [2.05, 4.69) is 0 Å². The van der Waals surface area contributed by atoms with E-state index in [0.717, 1.165) is 0 Å². The SMILES string of the molecule is CCOC(CC)C(=O)Oc1ccc([N+](=O)[O-])c(Cl)c1. The maximum atomic E-state index is 11.7. The highest BCUT2D eigenvalue weighted by atomic mass is 35.5. The van der Waals surface area contributed by atoms with E-state index in [1.807, 2.05) is 0 Å². The topological polar surface area (TPSA) is 78.7 Å². The number of nitro groups is 1. The Hall–Kier alpha value is -1.66. The van der Waals surface area contributed by atoms with Gasteiger partial charge in [-0.2, -0.15) is 0 Å². The van der Waals surface area contributed by atoms with E-state index in [1.54, 1.807) is 13.8 Å². The van der Waals surface area contributed by atoms with Gasteiger partial charge in [0.05, 0.1) is 4.92 Å². The molecule has 7 heteroatoms. The normalized spacial score (nSPS) is 11.9. The molecule has 0 aliphatic rings. The molecule has 0 aliphatic heterocycles. The number of hydrogen-bond donors (Lipinski definition) is 0. The Morgan fingerprint density at radius 2 is 2.16 bits per heavy atom. The van der Waals surface area contributed by atoms with E-state index in [-0.39, 0.29) is 16.5 Å². The van der Waals surface area contributed by atoms with Gasteiger partial charge in [0.15, 0.2) is 6.10 Å². The first-order valence-corrected chi connectivity index (χ1v) is 6.14. The van der Waals surface area contributed by atoms with E-state index in [4.69, 9.17) is 21.1 Å². The summed E-state index contributed by atoms with van der Waals surface area (Å²) >= 11 is 5.72. The number of nitro benzene ring substituents is 1. The molecule has 0 amide bonds. The van der Waals surface area contributed by atoms with Gasteiger partial charge in [-0.3, -0.25) is 10.1 Å². The number of halogens is 1. The van der Waals surface area contributed by atoms with Crippen LogP contribution >= 0.6 is 11.6 Å². The third-order valence-electron chi connectivity index (χ3n) is 2.34. The summed E-state index contributed by atoms with van der Waals surface area (Å²) in [4.78, 5) is 21.7. The van der Waals surface area contributed by atoms with Crippen LogP contribution in [0.15, 0.2) is 18.2 Å². The van der Waals surface area contributed by atoms with Crippen LogP contribution in [0.2, 0.25) is 5.02 Å². The lowest BCUT2D eigenvalue weighted by Crippen LogP contribution is -2.28. The van der Waals surface area contributed by atoms with Crippen LogP contribution in [0.5, 0.6) is 5.75 Å². The van der Waals surface area contributed by atoms with Crippen LogP contribution in [-0.2, 0) is 9.53 Å². The van der Waals surface area contributed by atoms with Crippen molar-refractivity contribution < 1.29 is 19.2 Å². The predicted molar refractivity (Wildman–Crippen MR) is 69.4 cm³/mol. The molecule has 1 rings (SSSR count). The largest absolute Gasteiger partial charge is 0.425 e. The van der Waals surface area contributed by atoms with E-state index < -0.39 is 17.0 Å². The van der Waals surface area contributed by atoms with Crippen molar-refractivity contribution in [2.45, 2.75) is 26.4 Å². The van der Waals surface area contributed by atoms with Gasteiger partial charge < -0.3 is 9.47 Å². The van der Waals surface area contributed by atoms with Crippen molar-refractivity contribution in [1.29, 1.82) is 0 Å². The minimum atomic E-state index is -0.654. The Labute approximate surface area is 115 Å². The average molecular weight is 288 g/mol. The Balaban J connectivity index is 2.80. The van der Waals surface area contributed by atoms with E-state index in [1.165, 1.54) is 18.2 Å². The molecule has 1 aromatic rings. The molecule has 0 bridgehead atoms. The molecule has 6 nitrogen and oxygen atoms in total. The second-order valence-electron chi connectivity index (χ2n) is 3.64. The summed E-state index contributed by atoms with van der Waals surface area (Å²) in [5.74, 6) is -0.395. The molecule has 0 heterocycles. The molecule has 0 radical (unpaired) electrons. The van der Waals surface area contributed by atoms with Crippen LogP contribution in [0.25, 0.3) is 0 Å². The fourth-order valence-electron chi connectivity index (χ4n) is 1.43. The zero-order valence-electron chi connectivity index (χ0n) is 10.6. The molecule has 0 aromatic heterocycles. The minimum Gasteiger partial charge on any atom is -0.425 e. The molecule has 0 N–H and O–H groups in total. The van der Waals surface area contributed by atoms with Crippen LogP contribution in [0.4, 0.5) is 5.69 Å². The highest BCUT2D eigenvalue weighted by molar-refractivity contribution is 6.32. The summed E-state index contributed by atoms with van der Waals surface area (Å²) in [7, 11) is 0. The van der Waals surface area contributed by atoms with Crippen molar-refractivity contribution in [2.75, 3.05) is 6.61 Å². The zero-order chi connectivity index (χ0) is 14.4. The van der Waals surface area contributed by atoms with E-state index in [0.29, 0.717) is 13.0 Å². The fourth-order valence-corrected chi connectivity index (χ4v) is 1.67. The number of ether oxygens (including phenoxy) is 2. The van der Waals surface area contributed by atoms with Gasteiger partial charge in [0, 0.05) is 18.7 Å².